The molecule has 3 aromatic rings. The van der Waals surface area contributed by atoms with Gasteiger partial charge in [-0.2, -0.15) is 0 Å². The van der Waals surface area contributed by atoms with E-state index in [0.29, 0.717) is 29.7 Å². The van der Waals surface area contributed by atoms with Gasteiger partial charge in [0.15, 0.2) is 5.13 Å². The van der Waals surface area contributed by atoms with Crippen molar-refractivity contribution in [3.05, 3.63) is 30.5 Å². The van der Waals surface area contributed by atoms with E-state index in [0.717, 1.165) is 21.6 Å². The van der Waals surface area contributed by atoms with Gasteiger partial charge in [-0.25, -0.2) is 9.97 Å². The fourth-order valence-corrected chi connectivity index (χ4v) is 3.11. The van der Waals surface area contributed by atoms with E-state index in [-0.39, 0.29) is 0 Å². The molecule has 2 aromatic heterocycles. The number of ether oxygens (including phenoxy) is 3. The van der Waals surface area contributed by atoms with Crippen molar-refractivity contribution in [2.45, 2.75) is 0 Å². The summed E-state index contributed by atoms with van der Waals surface area (Å²) in [6.45, 7) is 1.05. The minimum Gasteiger partial charge on any atom is -0.491 e. The molecular formula is C16H17N3O3S. The summed E-state index contributed by atoms with van der Waals surface area (Å²) in [6, 6.07) is 7.82. The summed E-state index contributed by atoms with van der Waals surface area (Å²) in [5, 5.41) is 0.486. The minimum atomic E-state index is 0.476. The first-order valence-corrected chi connectivity index (χ1v) is 7.85. The molecule has 0 fully saturated rings. The highest BCUT2D eigenvalue weighted by Gasteiger charge is 2.14. The first-order valence-electron chi connectivity index (χ1n) is 7.04. The van der Waals surface area contributed by atoms with Gasteiger partial charge in [-0.3, -0.25) is 0 Å². The van der Waals surface area contributed by atoms with Gasteiger partial charge in [0.2, 0.25) is 5.88 Å². The van der Waals surface area contributed by atoms with Crippen molar-refractivity contribution < 1.29 is 14.2 Å². The lowest BCUT2D eigenvalue weighted by atomic mass is 10.1. The van der Waals surface area contributed by atoms with Crippen molar-refractivity contribution >= 4 is 26.7 Å². The Morgan fingerprint density at radius 1 is 1.22 bits per heavy atom. The largest absolute Gasteiger partial charge is 0.491 e. The average molecular weight is 331 g/mol. The SMILES string of the molecule is COCCOc1cccc(-c2cnc(OC)c3nc(N)sc23)c1. The molecule has 6 nitrogen and oxygen atoms in total. The molecule has 0 saturated heterocycles. The van der Waals surface area contributed by atoms with Crippen LogP contribution in [0.1, 0.15) is 0 Å². The Labute approximate surface area is 137 Å². The van der Waals surface area contributed by atoms with E-state index < -0.39 is 0 Å². The average Bonchev–Trinajstić information content (AvgIpc) is 2.95. The monoisotopic (exact) mass is 331 g/mol. The molecule has 0 amide bonds. The second kappa shape index (κ2) is 6.80. The molecule has 0 radical (unpaired) electrons. The maximum absolute atomic E-state index is 5.86. The van der Waals surface area contributed by atoms with Crippen LogP contribution < -0.4 is 15.2 Å². The van der Waals surface area contributed by atoms with Gasteiger partial charge in [0, 0.05) is 18.9 Å². The second-order valence-corrected chi connectivity index (χ2v) is 5.81. The molecule has 0 aliphatic rings. The summed E-state index contributed by atoms with van der Waals surface area (Å²) < 4.78 is 16.9. The van der Waals surface area contributed by atoms with Crippen molar-refractivity contribution in [1.29, 1.82) is 0 Å². The minimum absolute atomic E-state index is 0.476. The van der Waals surface area contributed by atoms with E-state index in [1.807, 2.05) is 24.3 Å². The molecule has 0 saturated carbocycles. The Bertz CT molecular complexity index is 819. The van der Waals surface area contributed by atoms with Crippen molar-refractivity contribution in [1.82, 2.24) is 9.97 Å². The Hall–Kier alpha value is -2.38. The summed E-state index contributed by atoms with van der Waals surface area (Å²) >= 11 is 1.42. The molecule has 1 aromatic carbocycles. The summed E-state index contributed by atoms with van der Waals surface area (Å²) in [4.78, 5) is 8.64. The van der Waals surface area contributed by atoms with Gasteiger partial charge in [-0.1, -0.05) is 23.5 Å². The third kappa shape index (κ3) is 3.20. The number of nitrogens with two attached hydrogens (primary N) is 1. The van der Waals surface area contributed by atoms with E-state index in [2.05, 4.69) is 9.97 Å². The number of hydrogen-bond donors (Lipinski definition) is 1. The van der Waals surface area contributed by atoms with Crippen molar-refractivity contribution in [3.8, 4) is 22.8 Å². The third-order valence-corrected chi connectivity index (χ3v) is 4.21. The molecule has 0 aliphatic carbocycles. The lowest BCUT2D eigenvalue weighted by molar-refractivity contribution is 0.146. The summed E-state index contributed by atoms with van der Waals surface area (Å²) in [5.41, 5.74) is 8.48. The fraction of sp³-hybridized carbons (Fsp3) is 0.250. The first-order chi connectivity index (χ1) is 11.2. The number of benzene rings is 1. The molecule has 3 rings (SSSR count). The van der Waals surface area contributed by atoms with E-state index in [1.54, 1.807) is 20.4 Å². The number of nitrogen functional groups attached to an aromatic ring is 1. The zero-order chi connectivity index (χ0) is 16.2. The van der Waals surface area contributed by atoms with Crippen LogP contribution >= 0.6 is 11.3 Å². The zero-order valence-electron chi connectivity index (χ0n) is 12.9. The maximum atomic E-state index is 5.86. The predicted octanol–water partition coefficient (Wildman–Crippen LogP) is 2.97. The van der Waals surface area contributed by atoms with Crippen LogP contribution in [0.5, 0.6) is 11.6 Å². The quantitative estimate of drug-likeness (QED) is 0.700. The standard InChI is InChI=1S/C16H17N3O3S/c1-20-6-7-22-11-5-3-4-10(8-11)12-9-18-15(21-2)13-14(12)23-16(17)19-13/h3-5,8-9H,6-7H2,1-2H3,(H2,17,19). The molecule has 0 atom stereocenters. The highest BCUT2D eigenvalue weighted by molar-refractivity contribution is 7.22. The van der Waals surface area contributed by atoms with Gasteiger partial charge in [0.25, 0.3) is 0 Å². The van der Waals surface area contributed by atoms with E-state index in [1.165, 1.54) is 11.3 Å². The number of rotatable bonds is 6. The van der Waals surface area contributed by atoms with Crippen molar-refractivity contribution in [3.63, 3.8) is 0 Å². The van der Waals surface area contributed by atoms with Gasteiger partial charge in [-0.15, -0.1) is 0 Å². The number of pyridine rings is 1. The molecule has 2 heterocycles. The molecule has 0 spiro atoms. The summed E-state index contributed by atoms with van der Waals surface area (Å²) in [5.74, 6) is 1.25. The van der Waals surface area contributed by atoms with Gasteiger partial charge >= 0.3 is 0 Å². The number of anilines is 1. The van der Waals surface area contributed by atoms with Crippen LogP contribution in [-0.4, -0.2) is 37.4 Å². The summed E-state index contributed by atoms with van der Waals surface area (Å²) in [7, 11) is 3.22. The Balaban J connectivity index is 2.01. The fourth-order valence-electron chi connectivity index (χ4n) is 2.26. The van der Waals surface area contributed by atoms with Gasteiger partial charge in [0.05, 0.1) is 18.4 Å². The van der Waals surface area contributed by atoms with E-state index >= 15 is 0 Å². The number of methoxy groups -OCH3 is 2. The van der Waals surface area contributed by atoms with Crippen LogP contribution in [0.15, 0.2) is 30.5 Å². The normalized spacial score (nSPS) is 10.9. The maximum Gasteiger partial charge on any atom is 0.241 e. The lowest BCUT2D eigenvalue weighted by Gasteiger charge is -2.09. The predicted molar refractivity (Wildman–Crippen MR) is 91.2 cm³/mol. The number of thiazole rings is 1. The molecule has 0 unspecified atom stereocenters. The summed E-state index contributed by atoms with van der Waals surface area (Å²) in [6.07, 6.45) is 1.77. The highest BCUT2D eigenvalue weighted by Crippen LogP contribution is 2.38. The molecule has 120 valence electrons. The Morgan fingerprint density at radius 2 is 2.09 bits per heavy atom. The van der Waals surface area contributed by atoms with Crippen LogP contribution in [0.2, 0.25) is 0 Å². The molecular weight excluding hydrogens is 314 g/mol. The van der Waals surface area contributed by atoms with E-state index in [4.69, 9.17) is 19.9 Å². The van der Waals surface area contributed by atoms with Gasteiger partial charge in [-0.05, 0) is 17.7 Å². The van der Waals surface area contributed by atoms with Crippen LogP contribution in [-0.2, 0) is 4.74 Å². The topological polar surface area (TPSA) is 79.5 Å². The van der Waals surface area contributed by atoms with Crippen molar-refractivity contribution in [2.24, 2.45) is 0 Å². The Morgan fingerprint density at radius 3 is 2.87 bits per heavy atom. The molecule has 2 N–H and O–H groups in total. The second-order valence-electron chi connectivity index (χ2n) is 4.78. The van der Waals surface area contributed by atoms with Crippen LogP contribution in [0.3, 0.4) is 0 Å². The van der Waals surface area contributed by atoms with Crippen LogP contribution in [0.4, 0.5) is 5.13 Å². The number of nitrogens with zero attached hydrogens (tertiary/aromatic N) is 2. The highest BCUT2D eigenvalue weighted by atomic mass is 32.1. The molecule has 7 heteroatoms. The zero-order valence-corrected chi connectivity index (χ0v) is 13.7. The molecule has 23 heavy (non-hydrogen) atoms. The van der Waals surface area contributed by atoms with Crippen LogP contribution in [0, 0.1) is 0 Å². The lowest BCUT2D eigenvalue weighted by Crippen LogP contribution is -2.04. The third-order valence-electron chi connectivity index (χ3n) is 3.30. The van der Waals surface area contributed by atoms with Crippen molar-refractivity contribution in [2.75, 3.05) is 33.2 Å². The van der Waals surface area contributed by atoms with Gasteiger partial charge in [0.1, 0.15) is 17.9 Å². The molecule has 0 bridgehead atoms. The number of fused-ring (bicyclic) bond motifs is 1. The van der Waals surface area contributed by atoms with Gasteiger partial charge < -0.3 is 19.9 Å². The Kier molecular flexibility index (Phi) is 4.59. The molecule has 0 aliphatic heterocycles. The van der Waals surface area contributed by atoms with Crippen LogP contribution in [0.25, 0.3) is 21.3 Å². The smallest absolute Gasteiger partial charge is 0.241 e. The first kappa shape index (κ1) is 15.5. The number of hydrogen-bond acceptors (Lipinski definition) is 7. The van der Waals surface area contributed by atoms with E-state index in [9.17, 15) is 0 Å². The number of aromatic nitrogens is 2.